The normalized spacial score (nSPS) is 17.4. The molecule has 0 bridgehead atoms. The fourth-order valence-electron chi connectivity index (χ4n) is 3.62. The van der Waals surface area contributed by atoms with Crippen LogP contribution >= 0.6 is 0 Å². The molecule has 0 heterocycles. The zero-order valence-electron chi connectivity index (χ0n) is 17.7. The predicted octanol–water partition coefficient (Wildman–Crippen LogP) is 3.99. The van der Waals surface area contributed by atoms with Crippen molar-refractivity contribution in [2.24, 2.45) is 11.7 Å². The van der Waals surface area contributed by atoms with Crippen LogP contribution in [-0.2, 0) is 16.9 Å². The van der Waals surface area contributed by atoms with Crippen LogP contribution < -0.4 is 16.2 Å². The van der Waals surface area contributed by atoms with Gasteiger partial charge in [0.2, 0.25) is 5.91 Å². The average molecular weight is 432 g/mol. The first kappa shape index (κ1) is 22.6. The van der Waals surface area contributed by atoms with Crippen LogP contribution in [0.5, 0.6) is 0 Å². The van der Waals surface area contributed by atoms with Gasteiger partial charge in [0, 0.05) is 16.9 Å². The summed E-state index contributed by atoms with van der Waals surface area (Å²) in [4.78, 5) is 12.3. The Morgan fingerprint density at radius 3 is 2.47 bits per heavy atom. The first-order valence-corrected chi connectivity index (χ1v) is 11.3. The highest BCUT2D eigenvalue weighted by Crippen LogP contribution is 2.43. The second-order valence-electron chi connectivity index (χ2n) is 9.02. The van der Waals surface area contributed by atoms with Gasteiger partial charge in [0.1, 0.15) is 16.1 Å². The van der Waals surface area contributed by atoms with Gasteiger partial charge >= 0.3 is 0 Å². The van der Waals surface area contributed by atoms with E-state index in [0.29, 0.717) is 29.0 Å². The quantitative estimate of drug-likeness (QED) is 0.434. The molecular formula is C23H30FN3O2S. The largest absolute Gasteiger partial charge is 0.598 e. The van der Waals surface area contributed by atoms with Gasteiger partial charge < -0.3 is 16.0 Å². The fourth-order valence-corrected chi connectivity index (χ4v) is 4.57. The molecule has 162 valence electrons. The number of hydrogen-bond acceptors (Lipinski definition) is 4. The van der Waals surface area contributed by atoms with Crippen molar-refractivity contribution < 1.29 is 13.7 Å². The molecule has 1 fully saturated rings. The Morgan fingerprint density at radius 1 is 1.23 bits per heavy atom. The molecule has 1 unspecified atom stereocenters. The second-order valence-corrected chi connectivity index (χ2v) is 11.0. The molecule has 1 aliphatic rings. The van der Waals surface area contributed by atoms with E-state index in [9.17, 15) is 13.7 Å². The number of amides is 1. The van der Waals surface area contributed by atoms with Crippen LogP contribution in [0.15, 0.2) is 42.5 Å². The van der Waals surface area contributed by atoms with Crippen LogP contribution in [0.3, 0.4) is 0 Å². The van der Waals surface area contributed by atoms with Gasteiger partial charge in [-0.3, -0.25) is 4.79 Å². The highest BCUT2D eigenvalue weighted by Gasteiger charge is 2.44. The Hall–Kier alpha value is -2.09. The van der Waals surface area contributed by atoms with Crippen molar-refractivity contribution in [1.29, 1.82) is 0 Å². The maximum Gasteiger partial charge on any atom is 0.249 e. The van der Waals surface area contributed by atoms with Gasteiger partial charge in [-0.2, -0.15) is 0 Å². The molecule has 30 heavy (non-hydrogen) atoms. The van der Waals surface area contributed by atoms with Gasteiger partial charge in [-0.1, -0.05) is 37.1 Å². The van der Waals surface area contributed by atoms with Crippen molar-refractivity contribution in [1.82, 2.24) is 4.72 Å². The third-order valence-electron chi connectivity index (χ3n) is 5.59. The van der Waals surface area contributed by atoms with Crippen molar-refractivity contribution in [3.05, 3.63) is 65.0 Å². The van der Waals surface area contributed by atoms with Gasteiger partial charge in [0.05, 0.1) is 5.69 Å². The van der Waals surface area contributed by atoms with Crippen molar-refractivity contribution >= 4 is 23.0 Å². The van der Waals surface area contributed by atoms with Crippen molar-refractivity contribution in [3.8, 4) is 0 Å². The Balaban J connectivity index is 2.24. The number of carbonyl (C=O) groups is 1. The third-order valence-corrected chi connectivity index (χ3v) is 7.23. The van der Waals surface area contributed by atoms with Crippen LogP contribution in [-0.4, -0.2) is 15.2 Å². The molecule has 2 atom stereocenters. The number of nitrogen functional groups attached to an aromatic ring is 1. The fraction of sp³-hybridized carbons (Fsp3) is 0.435. The lowest BCUT2D eigenvalue weighted by Crippen LogP contribution is -2.53. The zero-order valence-corrected chi connectivity index (χ0v) is 18.5. The van der Waals surface area contributed by atoms with E-state index in [2.05, 4.69) is 4.72 Å². The van der Waals surface area contributed by atoms with Gasteiger partial charge in [-0.25, -0.2) is 4.39 Å². The number of carbonyl (C=O) groups excluding carboxylic acids is 1. The van der Waals surface area contributed by atoms with Crippen molar-refractivity contribution in [3.63, 3.8) is 0 Å². The number of hydrogen-bond donors (Lipinski definition) is 3. The van der Waals surface area contributed by atoms with E-state index in [1.807, 2.05) is 32.9 Å². The van der Waals surface area contributed by atoms with Crippen LogP contribution in [0.25, 0.3) is 0 Å². The van der Waals surface area contributed by atoms with Gasteiger partial charge in [0.25, 0.3) is 0 Å². The topological polar surface area (TPSA) is 104 Å². The summed E-state index contributed by atoms with van der Waals surface area (Å²) in [6.07, 6.45) is 3.76. The van der Waals surface area contributed by atoms with Crippen molar-refractivity contribution in [2.75, 3.05) is 5.73 Å². The van der Waals surface area contributed by atoms with E-state index in [4.69, 9.17) is 11.5 Å². The standard InChI is InChI=1S/C23H30FN3O2S/c1-22(2,3)30(29)27-23(13-12-15-8-9-15,16-10-11-19(24)20(25)14-16)18-7-5-4-6-17(18)21(26)28/h4-7,10-11,14-15,27H,8-9,12-13,25H2,1-3H3,(H2,26,28)/t23?,30-/m1/s1. The minimum atomic E-state index is -1.47. The van der Waals surface area contributed by atoms with Gasteiger partial charge in [-0.15, -0.1) is 4.72 Å². The summed E-state index contributed by atoms with van der Waals surface area (Å²) < 4.78 is 30.0. The molecule has 0 aromatic heterocycles. The summed E-state index contributed by atoms with van der Waals surface area (Å²) in [6.45, 7) is 5.63. The lowest BCUT2D eigenvalue weighted by Gasteiger charge is -2.39. The van der Waals surface area contributed by atoms with Crippen LogP contribution in [0.1, 0.15) is 67.9 Å². The van der Waals surface area contributed by atoms with Gasteiger partial charge in [-0.05, 0) is 68.9 Å². The van der Waals surface area contributed by atoms with E-state index >= 15 is 0 Å². The molecule has 0 radical (unpaired) electrons. The summed E-state index contributed by atoms with van der Waals surface area (Å²) in [5, 5.41) is 0. The molecule has 3 rings (SSSR count). The molecule has 2 aromatic carbocycles. The lowest BCUT2D eigenvalue weighted by atomic mass is 9.77. The number of nitrogens with two attached hydrogens (primary N) is 2. The maximum absolute atomic E-state index is 14.0. The summed E-state index contributed by atoms with van der Waals surface area (Å²) >= 11 is -1.47. The molecule has 1 amide bonds. The number of primary amides is 1. The molecule has 5 N–H and O–H groups in total. The second kappa shape index (κ2) is 8.57. The van der Waals surface area contributed by atoms with Gasteiger partial charge in [0.15, 0.2) is 0 Å². The molecule has 0 spiro atoms. The number of rotatable bonds is 8. The van der Waals surface area contributed by atoms with Crippen LogP contribution in [0, 0.1) is 11.7 Å². The zero-order chi connectivity index (χ0) is 22.1. The van der Waals surface area contributed by atoms with E-state index < -0.39 is 33.4 Å². The molecule has 1 saturated carbocycles. The first-order chi connectivity index (χ1) is 14.0. The molecule has 0 aliphatic heterocycles. The number of benzene rings is 2. The molecule has 1 aliphatic carbocycles. The smallest absolute Gasteiger partial charge is 0.249 e. The monoisotopic (exact) mass is 431 g/mol. The minimum absolute atomic E-state index is 0.00296. The lowest BCUT2D eigenvalue weighted by molar-refractivity contribution is 0.0997. The van der Waals surface area contributed by atoms with Crippen LogP contribution in [0.2, 0.25) is 0 Å². The summed E-state index contributed by atoms with van der Waals surface area (Å²) in [5.74, 6) is -0.498. The van der Waals surface area contributed by atoms with E-state index in [0.717, 1.165) is 19.3 Å². The first-order valence-electron chi connectivity index (χ1n) is 10.2. The third kappa shape index (κ3) is 4.79. The number of anilines is 1. The highest BCUT2D eigenvalue weighted by atomic mass is 32.2. The average Bonchev–Trinajstić information content (AvgIpc) is 3.51. The summed E-state index contributed by atoms with van der Waals surface area (Å²) in [6, 6.07) is 11.6. The molecular weight excluding hydrogens is 401 g/mol. The number of nitrogens with one attached hydrogen (secondary N) is 1. The summed E-state index contributed by atoms with van der Waals surface area (Å²) in [7, 11) is 0. The molecule has 2 aromatic rings. The molecule has 5 nitrogen and oxygen atoms in total. The summed E-state index contributed by atoms with van der Waals surface area (Å²) in [5.41, 5.74) is 12.2. The van der Waals surface area contributed by atoms with Crippen molar-refractivity contribution in [2.45, 2.75) is 56.7 Å². The Morgan fingerprint density at radius 2 is 1.90 bits per heavy atom. The van der Waals surface area contributed by atoms with E-state index in [-0.39, 0.29) is 5.69 Å². The van der Waals surface area contributed by atoms with E-state index in [1.165, 1.54) is 6.07 Å². The highest BCUT2D eigenvalue weighted by molar-refractivity contribution is 7.90. The van der Waals surface area contributed by atoms with E-state index in [1.54, 1.807) is 24.3 Å². The molecule has 7 heteroatoms. The molecule has 0 saturated heterocycles. The Bertz CT molecular complexity index is 927. The maximum atomic E-state index is 14.0. The SMILES string of the molecule is CC(C)(C)[S@@+]([O-])NC(CCC1CC1)(c1ccc(F)c(N)c1)c1ccccc1C(N)=O. The Kier molecular flexibility index (Phi) is 6.45. The van der Waals surface area contributed by atoms with Crippen LogP contribution in [0.4, 0.5) is 10.1 Å². The number of halogens is 1. The minimum Gasteiger partial charge on any atom is -0.598 e. The Labute approximate surface area is 180 Å². The predicted molar refractivity (Wildman–Crippen MR) is 120 cm³/mol.